The first-order valence-electron chi connectivity index (χ1n) is 9.80. The first-order valence-corrected chi connectivity index (χ1v) is 9.80. The molecule has 0 radical (unpaired) electrons. The number of hydrogen-bond acceptors (Lipinski definition) is 2. The van der Waals surface area contributed by atoms with Crippen molar-refractivity contribution < 1.29 is 26.3 Å². The lowest BCUT2D eigenvalue weighted by Gasteiger charge is -2.46. The number of anilines is 1. The summed E-state index contributed by atoms with van der Waals surface area (Å²) in [5.41, 5.74) is 4.16. The molecule has 0 saturated heterocycles. The van der Waals surface area contributed by atoms with E-state index in [4.69, 9.17) is 4.74 Å². The molecule has 0 fully saturated rings. The van der Waals surface area contributed by atoms with Gasteiger partial charge in [-0.15, -0.1) is 0 Å². The third kappa shape index (κ3) is 2.81. The molecule has 148 valence electrons. The standard InChI is InChI=1S/C25H25N2O.BrH/c1-24(2)21-12-5-6-13-22(21)26(3)25(24)15-14-19-10-9-11-20(23(19)28-25)18-27-16-7-4-8-17-27;/h4-17H,18H2,1-3H3;1H/q+1;/p-1. The Morgan fingerprint density at radius 1 is 0.931 bits per heavy atom. The van der Waals surface area contributed by atoms with E-state index in [0.29, 0.717) is 0 Å². The Hall–Kier alpha value is -2.59. The predicted molar refractivity (Wildman–Crippen MR) is 112 cm³/mol. The Morgan fingerprint density at radius 3 is 2.45 bits per heavy atom. The van der Waals surface area contributed by atoms with Gasteiger partial charge in [0.15, 0.2) is 18.9 Å². The lowest BCUT2D eigenvalue weighted by Crippen LogP contribution is -3.00. The molecule has 0 amide bonds. The lowest BCUT2D eigenvalue weighted by atomic mass is 9.76. The van der Waals surface area contributed by atoms with E-state index in [1.165, 1.54) is 16.8 Å². The molecule has 3 nitrogen and oxygen atoms in total. The molecule has 1 spiro atoms. The fourth-order valence-electron chi connectivity index (χ4n) is 4.72. The summed E-state index contributed by atoms with van der Waals surface area (Å²) in [4.78, 5) is 2.29. The minimum atomic E-state index is -0.541. The van der Waals surface area contributed by atoms with Crippen LogP contribution in [0.2, 0.25) is 0 Å². The Bertz CT molecular complexity index is 1080. The molecule has 29 heavy (non-hydrogen) atoms. The van der Waals surface area contributed by atoms with Gasteiger partial charge in [-0.3, -0.25) is 0 Å². The Kier molecular flexibility index (Phi) is 4.78. The second kappa shape index (κ2) is 7.03. The SMILES string of the molecule is CN1c2ccccc2C(C)(C)C12C=Cc1cccc(C[n+]3ccccc3)c1O2.[Br-]. The van der Waals surface area contributed by atoms with Crippen LogP contribution in [0.4, 0.5) is 5.69 Å². The first kappa shape index (κ1) is 19.7. The van der Waals surface area contributed by atoms with Crippen molar-refractivity contribution in [2.24, 2.45) is 0 Å². The van der Waals surface area contributed by atoms with Gasteiger partial charge >= 0.3 is 0 Å². The van der Waals surface area contributed by atoms with Gasteiger partial charge < -0.3 is 26.6 Å². The smallest absolute Gasteiger partial charge is 0.211 e. The molecule has 2 aromatic carbocycles. The van der Waals surface area contributed by atoms with Crippen LogP contribution in [0, 0.1) is 0 Å². The van der Waals surface area contributed by atoms with Crippen LogP contribution in [-0.2, 0) is 12.0 Å². The van der Waals surface area contributed by atoms with Crippen LogP contribution >= 0.6 is 0 Å². The second-order valence-corrected chi connectivity index (χ2v) is 8.22. The van der Waals surface area contributed by atoms with E-state index >= 15 is 0 Å². The molecular weight excluding hydrogens is 424 g/mol. The zero-order chi connectivity index (χ0) is 19.4. The number of aromatic nitrogens is 1. The zero-order valence-corrected chi connectivity index (χ0v) is 18.6. The molecule has 3 heterocycles. The summed E-state index contributed by atoms with van der Waals surface area (Å²) in [5.74, 6) is 0.981. The molecule has 4 heteroatoms. The number of pyridine rings is 1. The largest absolute Gasteiger partial charge is 1.00 e. The number of para-hydroxylation sites is 2. The van der Waals surface area contributed by atoms with Crippen LogP contribution in [0.15, 0.2) is 79.1 Å². The topological polar surface area (TPSA) is 16.4 Å². The van der Waals surface area contributed by atoms with E-state index in [-0.39, 0.29) is 22.4 Å². The summed E-state index contributed by atoms with van der Waals surface area (Å²) in [6.45, 7) is 5.34. The number of benzene rings is 2. The highest BCUT2D eigenvalue weighted by molar-refractivity contribution is 5.72. The van der Waals surface area contributed by atoms with E-state index in [1.54, 1.807) is 0 Å². The third-order valence-corrected chi connectivity index (χ3v) is 6.34. The minimum Gasteiger partial charge on any atom is -1.00 e. The van der Waals surface area contributed by atoms with E-state index in [2.05, 4.69) is 110 Å². The van der Waals surface area contributed by atoms with Gasteiger partial charge in [0.05, 0.1) is 11.0 Å². The molecule has 5 rings (SSSR count). The van der Waals surface area contributed by atoms with E-state index in [9.17, 15) is 0 Å². The predicted octanol–water partition coefficient (Wildman–Crippen LogP) is 1.56. The van der Waals surface area contributed by atoms with Gasteiger partial charge in [-0.1, -0.05) is 36.4 Å². The van der Waals surface area contributed by atoms with Crippen molar-refractivity contribution in [3.8, 4) is 5.75 Å². The highest BCUT2D eigenvalue weighted by atomic mass is 79.9. The fraction of sp³-hybridized carbons (Fsp3) is 0.240. The molecule has 3 aromatic rings. The average Bonchev–Trinajstić information content (AvgIpc) is 2.88. The van der Waals surface area contributed by atoms with Gasteiger partial charge in [0.25, 0.3) is 0 Å². The molecular formula is C25H25BrN2O. The van der Waals surface area contributed by atoms with Crippen molar-refractivity contribution in [1.29, 1.82) is 0 Å². The summed E-state index contributed by atoms with van der Waals surface area (Å²) in [7, 11) is 2.14. The molecule has 2 aliphatic heterocycles. The maximum Gasteiger partial charge on any atom is 0.211 e. The van der Waals surface area contributed by atoms with Crippen LogP contribution in [-0.4, -0.2) is 12.8 Å². The lowest BCUT2D eigenvalue weighted by molar-refractivity contribution is -0.688. The van der Waals surface area contributed by atoms with Gasteiger partial charge in [-0.05, 0) is 43.7 Å². The van der Waals surface area contributed by atoms with Crippen molar-refractivity contribution in [3.05, 3.63) is 95.8 Å². The van der Waals surface area contributed by atoms with Crippen LogP contribution in [0.25, 0.3) is 6.08 Å². The fourth-order valence-corrected chi connectivity index (χ4v) is 4.72. The Balaban J connectivity index is 0.00000205. The van der Waals surface area contributed by atoms with Gasteiger partial charge in [0, 0.05) is 30.4 Å². The number of hydrogen-bond donors (Lipinski definition) is 0. The molecule has 1 unspecified atom stereocenters. The van der Waals surface area contributed by atoms with E-state index in [0.717, 1.165) is 17.9 Å². The quantitative estimate of drug-likeness (QED) is 0.553. The van der Waals surface area contributed by atoms with Gasteiger partial charge in [0.1, 0.15) is 5.75 Å². The van der Waals surface area contributed by atoms with E-state index < -0.39 is 5.72 Å². The van der Waals surface area contributed by atoms with Gasteiger partial charge in [0.2, 0.25) is 5.72 Å². The Labute approximate surface area is 183 Å². The van der Waals surface area contributed by atoms with Crippen molar-refractivity contribution in [1.82, 2.24) is 0 Å². The summed E-state index contributed by atoms with van der Waals surface area (Å²) in [6, 6.07) is 21.2. The van der Waals surface area contributed by atoms with E-state index in [1.807, 2.05) is 6.07 Å². The normalized spacial score (nSPS) is 20.6. The molecule has 1 aromatic heterocycles. The van der Waals surface area contributed by atoms with Crippen molar-refractivity contribution >= 4 is 11.8 Å². The minimum absolute atomic E-state index is 0. The molecule has 1 atom stereocenters. The molecule has 0 bridgehead atoms. The molecule has 0 saturated carbocycles. The maximum atomic E-state index is 6.92. The van der Waals surface area contributed by atoms with Crippen LogP contribution < -0.4 is 31.2 Å². The monoisotopic (exact) mass is 448 g/mol. The molecule has 0 N–H and O–H groups in total. The number of rotatable bonds is 2. The summed E-state index contributed by atoms with van der Waals surface area (Å²) in [6.07, 6.45) is 8.64. The van der Waals surface area contributed by atoms with Gasteiger partial charge in [-0.25, -0.2) is 4.57 Å². The maximum absolute atomic E-state index is 6.92. The highest BCUT2D eigenvalue weighted by Crippen LogP contribution is 2.54. The molecule has 0 aliphatic carbocycles. The average molecular weight is 449 g/mol. The number of halogens is 1. The van der Waals surface area contributed by atoms with Crippen molar-refractivity contribution in [2.75, 3.05) is 11.9 Å². The van der Waals surface area contributed by atoms with Crippen LogP contribution in [0.1, 0.15) is 30.5 Å². The summed E-state index contributed by atoms with van der Waals surface area (Å²) < 4.78 is 9.10. The first-order chi connectivity index (χ1) is 13.5. The number of fused-ring (bicyclic) bond motifs is 2. The van der Waals surface area contributed by atoms with Gasteiger partial charge in [-0.2, -0.15) is 0 Å². The van der Waals surface area contributed by atoms with Crippen molar-refractivity contribution in [3.63, 3.8) is 0 Å². The summed E-state index contributed by atoms with van der Waals surface area (Å²) in [5, 5.41) is 0. The number of likely N-dealkylation sites (N-methyl/N-ethyl adjacent to an activating group) is 1. The second-order valence-electron chi connectivity index (χ2n) is 8.22. The Morgan fingerprint density at radius 2 is 1.69 bits per heavy atom. The van der Waals surface area contributed by atoms with Crippen molar-refractivity contribution in [2.45, 2.75) is 31.5 Å². The number of nitrogens with zero attached hydrogens (tertiary/aromatic N) is 2. The number of ether oxygens (including phenoxy) is 1. The highest BCUT2D eigenvalue weighted by Gasteiger charge is 2.57. The van der Waals surface area contributed by atoms with Crippen LogP contribution in [0.5, 0.6) is 5.75 Å². The molecule has 2 aliphatic rings. The zero-order valence-electron chi connectivity index (χ0n) is 17.0. The summed E-state index contributed by atoms with van der Waals surface area (Å²) >= 11 is 0. The third-order valence-electron chi connectivity index (χ3n) is 6.34. The van der Waals surface area contributed by atoms with Crippen LogP contribution in [0.3, 0.4) is 0 Å².